The summed E-state index contributed by atoms with van der Waals surface area (Å²) in [6.07, 6.45) is 100.0. The fourth-order valence-corrected chi connectivity index (χ4v) is 7.95. The number of allylic oxidation sites excluding steroid dienone is 36. The molecule has 0 saturated heterocycles. The number of carbonyl (C=O) groups is 2. The number of phosphoric acid groups is 1. The van der Waals surface area contributed by atoms with Crippen molar-refractivity contribution in [3.05, 3.63) is 219 Å². The lowest BCUT2D eigenvalue weighted by Gasteiger charge is -2.28. The summed E-state index contributed by atoms with van der Waals surface area (Å²) in [6, 6.07) is 0. The van der Waals surface area contributed by atoms with Crippen LogP contribution in [0.25, 0.3) is 0 Å². The van der Waals surface area contributed by atoms with E-state index in [0.717, 1.165) is 141 Å². The summed E-state index contributed by atoms with van der Waals surface area (Å²) in [5.41, 5.74) is 0. The summed E-state index contributed by atoms with van der Waals surface area (Å²) in [5, 5.41) is 0. The molecule has 0 amide bonds. The van der Waals surface area contributed by atoms with Gasteiger partial charge in [-0.25, -0.2) is 0 Å². The molecule has 0 saturated carbocycles. The Hall–Kier alpha value is -5.67. The van der Waals surface area contributed by atoms with Gasteiger partial charge in [0.1, 0.15) is 19.8 Å². The van der Waals surface area contributed by atoms with Gasteiger partial charge in [-0.2, -0.15) is 0 Å². The molecule has 0 bridgehead atoms. The highest BCUT2D eigenvalue weighted by molar-refractivity contribution is 7.45. The summed E-state index contributed by atoms with van der Waals surface area (Å²) in [5.74, 6) is -0.960. The lowest BCUT2D eigenvalue weighted by molar-refractivity contribution is -0.870. The fraction of sp³-hybridized carbons (Fsp3) is 0.486. The number of carbonyl (C=O) groups excluding carboxylic acids is 2. The first-order valence-electron chi connectivity index (χ1n) is 31.4. The third kappa shape index (κ3) is 65.5. The Morgan fingerprint density at radius 3 is 0.905 bits per heavy atom. The van der Waals surface area contributed by atoms with Gasteiger partial charge in [0, 0.05) is 12.8 Å². The normalized spacial score (nSPS) is 14.7. The van der Waals surface area contributed by atoms with Gasteiger partial charge in [0.15, 0.2) is 6.10 Å². The van der Waals surface area contributed by atoms with Gasteiger partial charge in [0.25, 0.3) is 7.82 Å². The van der Waals surface area contributed by atoms with Crippen molar-refractivity contribution in [1.82, 2.24) is 0 Å². The first kappa shape index (κ1) is 78.3. The number of phosphoric ester groups is 1. The van der Waals surface area contributed by atoms with Crippen LogP contribution in [-0.2, 0) is 32.7 Å². The minimum Gasteiger partial charge on any atom is -0.756 e. The summed E-state index contributed by atoms with van der Waals surface area (Å²) in [7, 11) is 1.07. The highest BCUT2D eigenvalue weighted by Crippen LogP contribution is 2.38. The molecular weight excluding hydrogens is 1060 g/mol. The van der Waals surface area contributed by atoms with Crippen molar-refractivity contribution >= 4 is 19.8 Å². The third-order valence-electron chi connectivity index (χ3n) is 12.0. The number of hydrogen-bond donors (Lipinski definition) is 0. The van der Waals surface area contributed by atoms with Crippen LogP contribution in [0.1, 0.15) is 181 Å². The molecule has 2 atom stereocenters. The van der Waals surface area contributed by atoms with Crippen LogP contribution in [0, 0.1) is 0 Å². The molecule has 2 unspecified atom stereocenters. The van der Waals surface area contributed by atoms with Gasteiger partial charge in [0.2, 0.25) is 0 Å². The van der Waals surface area contributed by atoms with E-state index < -0.39 is 32.5 Å². The zero-order valence-electron chi connectivity index (χ0n) is 52.7. The van der Waals surface area contributed by atoms with E-state index in [1.807, 2.05) is 21.1 Å². The Kier molecular flexibility index (Phi) is 57.7. The van der Waals surface area contributed by atoms with Crippen molar-refractivity contribution in [2.75, 3.05) is 47.5 Å². The number of nitrogens with zero attached hydrogens (tertiary/aromatic N) is 1. The quantitative estimate of drug-likeness (QED) is 0.0195. The number of esters is 2. The van der Waals surface area contributed by atoms with Crippen molar-refractivity contribution in [2.45, 2.75) is 187 Å². The van der Waals surface area contributed by atoms with Crippen LogP contribution in [0.3, 0.4) is 0 Å². The van der Waals surface area contributed by atoms with Gasteiger partial charge < -0.3 is 27.9 Å². The molecule has 0 radical (unpaired) electrons. The number of likely N-dealkylation sites (N-methyl/N-ethyl adjacent to an activating group) is 1. The number of ether oxygens (including phenoxy) is 2. The van der Waals surface area contributed by atoms with Gasteiger partial charge in [-0.1, -0.05) is 233 Å². The molecule has 0 heterocycles. The predicted octanol–water partition coefficient (Wildman–Crippen LogP) is 19.8. The summed E-state index contributed by atoms with van der Waals surface area (Å²) in [4.78, 5) is 37.9. The standard InChI is InChI=1S/C74H112NO8P/c1-6-8-10-12-14-16-18-20-22-24-26-28-30-32-34-35-36-37-38-39-41-43-45-47-49-51-53-55-57-59-61-63-65-67-74(77)83-72(71-82-84(78,79)81-69-68-75(3,4)5)70-80-73(76)66-64-62-60-58-56-54-52-50-48-46-44-42-40-33-31-29-27-25-23-21-19-17-15-13-11-9-7-2/h8-11,14-17,20-23,26-29,32-34,36-37,39-41,44-47,50-53,56-59,72H,6-7,12-13,18-19,24-25,30-31,35,38,42-43,48-49,54-55,60-71H2,1-5H3/b10-8-,11-9-,16-14-,17-15-,22-20-,23-21-,28-26-,29-27-,34-32-,37-36-,40-33-,41-39-,46-44-,47-45-,52-50-,53-51-,58-56-,59-57-. The van der Waals surface area contributed by atoms with Crippen LogP contribution in [-0.4, -0.2) is 70.0 Å². The van der Waals surface area contributed by atoms with Crippen molar-refractivity contribution in [1.29, 1.82) is 0 Å². The highest BCUT2D eigenvalue weighted by atomic mass is 31.2. The molecule has 84 heavy (non-hydrogen) atoms. The van der Waals surface area contributed by atoms with Gasteiger partial charge in [-0.15, -0.1) is 0 Å². The minimum atomic E-state index is -4.68. The van der Waals surface area contributed by atoms with Crippen molar-refractivity contribution in [2.24, 2.45) is 0 Å². The molecule has 0 N–H and O–H groups in total. The van der Waals surface area contributed by atoms with E-state index in [2.05, 4.69) is 233 Å². The van der Waals surface area contributed by atoms with Crippen molar-refractivity contribution in [3.8, 4) is 0 Å². The molecular formula is C74H112NO8P. The molecule has 9 nitrogen and oxygen atoms in total. The van der Waals surface area contributed by atoms with Gasteiger partial charge in [-0.05, 0) is 154 Å². The molecule has 0 rings (SSSR count). The van der Waals surface area contributed by atoms with Crippen LogP contribution in [0.5, 0.6) is 0 Å². The van der Waals surface area contributed by atoms with E-state index in [9.17, 15) is 19.0 Å². The number of hydrogen-bond acceptors (Lipinski definition) is 8. The Morgan fingerprint density at radius 2 is 0.631 bits per heavy atom. The molecule has 0 aliphatic rings. The van der Waals surface area contributed by atoms with E-state index in [1.165, 1.54) is 0 Å². The van der Waals surface area contributed by atoms with E-state index in [4.69, 9.17) is 18.5 Å². The average molecular weight is 1170 g/mol. The Morgan fingerprint density at radius 1 is 0.369 bits per heavy atom. The number of rotatable bonds is 54. The Bertz CT molecular complexity index is 2210. The highest BCUT2D eigenvalue weighted by Gasteiger charge is 2.21. The largest absolute Gasteiger partial charge is 0.756 e. The van der Waals surface area contributed by atoms with Crippen molar-refractivity contribution in [3.63, 3.8) is 0 Å². The second-order valence-electron chi connectivity index (χ2n) is 20.9. The summed E-state index contributed by atoms with van der Waals surface area (Å²) >= 11 is 0. The van der Waals surface area contributed by atoms with E-state index in [0.29, 0.717) is 23.9 Å². The van der Waals surface area contributed by atoms with E-state index in [-0.39, 0.29) is 26.1 Å². The second-order valence-corrected chi connectivity index (χ2v) is 22.4. The van der Waals surface area contributed by atoms with Crippen LogP contribution in [0.4, 0.5) is 0 Å². The lowest BCUT2D eigenvalue weighted by Crippen LogP contribution is -2.37. The zero-order chi connectivity index (χ0) is 61.2. The number of unbranched alkanes of at least 4 members (excludes halogenated alkanes) is 4. The SMILES string of the molecule is CC/C=C\C/C=C\C/C=C\C/C=C\C/C=C\C/C=C\C/C=C\C/C=C\C/C=C\C/C=C\CCCCC(=O)OC(COC(=O)CCCC/C=C\C/C=C\C/C=C\C/C=C\C/C=C\C/C=C\C/C=C\C/C=C\CC)COP(=O)([O-])OCC[N+](C)(C)C. The molecule has 0 spiro atoms. The Labute approximate surface area is 512 Å². The van der Waals surface area contributed by atoms with Gasteiger partial charge in [0.05, 0.1) is 27.7 Å². The molecule has 10 heteroatoms. The predicted molar refractivity (Wildman–Crippen MR) is 359 cm³/mol. The van der Waals surface area contributed by atoms with Gasteiger partial charge in [-0.3, -0.25) is 14.2 Å². The van der Waals surface area contributed by atoms with Crippen LogP contribution < -0.4 is 4.89 Å². The van der Waals surface area contributed by atoms with Crippen LogP contribution in [0.15, 0.2) is 219 Å². The topological polar surface area (TPSA) is 111 Å². The summed E-state index contributed by atoms with van der Waals surface area (Å²) in [6.45, 7) is 3.86. The Balaban J connectivity index is 4.39. The molecule has 0 aromatic rings. The maximum absolute atomic E-state index is 12.8. The third-order valence-corrected chi connectivity index (χ3v) is 13.0. The minimum absolute atomic E-state index is 0.0610. The first-order chi connectivity index (χ1) is 41.0. The van der Waals surface area contributed by atoms with Crippen LogP contribution >= 0.6 is 7.82 Å². The maximum atomic E-state index is 12.8. The maximum Gasteiger partial charge on any atom is 0.306 e. The average Bonchev–Trinajstić information content (AvgIpc) is 3.61. The zero-order valence-corrected chi connectivity index (χ0v) is 53.6. The molecule has 0 aromatic heterocycles. The monoisotopic (exact) mass is 1170 g/mol. The van der Waals surface area contributed by atoms with Crippen molar-refractivity contribution < 1.29 is 42.1 Å². The molecule has 0 aliphatic heterocycles. The van der Waals surface area contributed by atoms with E-state index in [1.54, 1.807) is 0 Å². The summed E-state index contributed by atoms with van der Waals surface area (Å²) < 4.78 is 34.1. The van der Waals surface area contributed by atoms with E-state index >= 15 is 0 Å². The molecule has 466 valence electrons. The second kappa shape index (κ2) is 61.9. The fourth-order valence-electron chi connectivity index (χ4n) is 7.23. The smallest absolute Gasteiger partial charge is 0.306 e. The first-order valence-corrected chi connectivity index (χ1v) is 32.9. The molecule has 0 fully saturated rings. The number of quaternary nitrogens is 1. The molecule has 0 aromatic carbocycles. The lowest BCUT2D eigenvalue weighted by atomic mass is 10.1. The van der Waals surface area contributed by atoms with Crippen LogP contribution in [0.2, 0.25) is 0 Å². The van der Waals surface area contributed by atoms with Gasteiger partial charge >= 0.3 is 11.9 Å². The molecule has 0 aliphatic carbocycles.